The first-order valence-electron chi connectivity index (χ1n) is 6.68. The SMILES string of the molecule is CC1(C)O[C@@H]2[C@H](O1)[C@H](N=[N+]=[N-])O[C@@H]1COC(C)(C)O[C@@H]21. The van der Waals surface area contributed by atoms with Gasteiger partial charge in [0.2, 0.25) is 0 Å². The lowest BCUT2D eigenvalue weighted by atomic mass is 9.97. The van der Waals surface area contributed by atoms with E-state index in [2.05, 4.69) is 10.0 Å². The molecule has 0 amide bonds. The van der Waals surface area contributed by atoms with Crippen molar-refractivity contribution in [3.05, 3.63) is 10.4 Å². The van der Waals surface area contributed by atoms with Crippen LogP contribution in [0.2, 0.25) is 0 Å². The molecule has 8 nitrogen and oxygen atoms in total. The van der Waals surface area contributed by atoms with Crippen LogP contribution in [0.4, 0.5) is 0 Å². The molecule has 0 N–H and O–H groups in total. The van der Waals surface area contributed by atoms with Crippen LogP contribution in [0.5, 0.6) is 0 Å². The summed E-state index contributed by atoms with van der Waals surface area (Å²) in [4.78, 5) is 2.82. The van der Waals surface area contributed by atoms with Crippen LogP contribution in [0.25, 0.3) is 10.4 Å². The standard InChI is InChI=1S/C12H19N3O5/c1-11(2)16-5-6-7(18-11)8-9(10(17-6)14-15-13)20-12(3,4)19-8/h6-10H,5H2,1-4H3/t6-,7-,8+,9+,10-/m1/s1. The molecular weight excluding hydrogens is 266 g/mol. The van der Waals surface area contributed by atoms with E-state index in [4.69, 9.17) is 29.2 Å². The van der Waals surface area contributed by atoms with Crippen molar-refractivity contribution in [2.45, 2.75) is 69.9 Å². The van der Waals surface area contributed by atoms with Gasteiger partial charge in [0.25, 0.3) is 0 Å². The van der Waals surface area contributed by atoms with Gasteiger partial charge in [-0.3, -0.25) is 0 Å². The highest BCUT2D eigenvalue weighted by atomic mass is 16.8. The van der Waals surface area contributed by atoms with Crippen molar-refractivity contribution >= 4 is 0 Å². The molecule has 3 fully saturated rings. The Morgan fingerprint density at radius 3 is 2.35 bits per heavy atom. The average molecular weight is 285 g/mol. The second-order valence-electron chi connectivity index (χ2n) is 6.13. The van der Waals surface area contributed by atoms with Crippen LogP contribution in [0.15, 0.2) is 5.11 Å². The lowest BCUT2D eigenvalue weighted by Crippen LogP contribution is -2.63. The minimum Gasteiger partial charge on any atom is -0.361 e. The van der Waals surface area contributed by atoms with Crippen molar-refractivity contribution < 1.29 is 23.7 Å². The first kappa shape index (κ1) is 14.1. The lowest BCUT2D eigenvalue weighted by Gasteiger charge is -2.47. The van der Waals surface area contributed by atoms with Crippen molar-refractivity contribution in [2.24, 2.45) is 5.11 Å². The molecule has 0 bridgehead atoms. The van der Waals surface area contributed by atoms with Crippen molar-refractivity contribution in [3.63, 3.8) is 0 Å². The van der Waals surface area contributed by atoms with Gasteiger partial charge in [0.05, 0.1) is 6.61 Å². The maximum absolute atomic E-state index is 8.67. The molecule has 0 aromatic heterocycles. The van der Waals surface area contributed by atoms with Crippen molar-refractivity contribution in [2.75, 3.05) is 6.61 Å². The Bertz CT molecular complexity index is 448. The largest absolute Gasteiger partial charge is 0.361 e. The van der Waals surface area contributed by atoms with E-state index in [9.17, 15) is 0 Å². The van der Waals surface area contributed by atoms with Crippen LogP contribution in [0, 0.1) is 0 Å². The van der Waals surface area contributed by atoms with Gasteiger partial charge < -0.3 is 23.7 Å². The summed E-state index contributed by atoms with van der Waals surface area (Å²) < 4.78 is 29.0. The Labute approximate surface area is 116 Å². The van der Waals surface area contributed by atoms with E-state index >= 15 is 0 Å². The van der Waals surface area contributed by atoms with E-state index in [1.54, 1.807) is 0 Å². The number of ether oxygens (including phenoxy) is 5. The summed E-state index contributed by atoms with van der Waals surface area (Å²) in [6.07, 6.45) is -2.20. The maximum atomic E-state index is 8.67. The normalized spacial score (nSPS) is 45.1. The van der Waals surface area contributed by atoms with E-state index in [0.717, 1.165) is 0 Å². The minimum absolute atomic E-state index is 0.310. The highest BCUT2D eigenvalue weighted by Crippen LogP contribution is 2.42. The van der Waals surface area contributed by atoms with Gasteiger partial charge in [-0.25, -0.2) is 0 Å². The van der Waals surface area contributed by atoms with E-state index < -0.39 is 23.9 Å². The zero-order chi connectivity index (χ0) is 14.5. The molecule has 20 heavy (non-hydrogen) atoms. The first-order chi connectivity index (χ1) is 9.31. The van der Waals surface area contributed by atoms with E-state index in [0.29, 0.717) is 6.61 Å². The van der Waals surface area contributed by atoms with Gasteiger partial charge in [-0.05, 0) is 33.2 Å². The molecule has 3 rings (SSSR count). The number of hydrogen-bond donors (Lipinski definition) is 0. The molecule has 112 valence electrons. The molecule has 0 aromatic rings. The molecule has 5 atom stereocenters. The molecule has 3 saturated heterocycles. The van der Waals surface area contributed by atoms with Gasteiger partial charge in [-0.1, -0.05) is 5.11 Å². The highest BCUT2D eigenvalue weighted by Gasteiger charge is 2.58. The molecule has 3 heterocycles. The summed E-state index contributed by atoms with van der Waals surface area (Å²) in [6.45, 7) is 7.69. The zero-order valence-electron chi connectivity index (χ0n) is 12.0. The molecule has 0 radical (unpaired) electrons. The summed E-state index contributed by atoms with van der Waals surface area (Å²) in [7, 11) is 0. The van der Waals surface area contributed by atoms with Gasteiger partial charge in [-0.2, -0.15) is 0 Å². The Kier molecular flexibility index (Phi) is 3.20. The summed E-state index contributed by atoms with van der Waals surface area (Å²) >= 11 is 0. The van der Waals surface area contributed by atoms with E-state index in [1.165, 1.54) is 0 Å². The lowest BCUT2D eigenvalue weighted by molar-refractivity contribution is -0.347. The predicted molar refractivity (Wildman–Crippen MR) is 66.5 cm³/mol. The van der Waals surface area contributed by atoms with Crippen LogP contribution in [-0.2, 0) is 23.7 Å². The second-order valence-corrected chi connectivity index (χ2v) is 6.13. The van der Waals surface area contributed by atoms with Gasteiger partial charge in [0.15, 0.2) is 17.8 Å². The molecule has 0 unspecified atom stereocenters. The third kappa shape index (κ3) is 2.39. The highest BCUT2D eigenvalue weighted by molar-refractivity contribution is 5.00. The van der Waals surface area contributed by atoms with Crippen molar-refractivity contribution in [1.82, 2.24) is 0 Å². The van der Waals surface area contributed by atoms with Crippen LogP contribution in [0.3, 0.4) is 0 Å². The van der Waals surface area contributed by atoms with Crippen LogP contribution >= 0.6 is 0 Å². The summed E-state index contributed by atoms with van der Waals surface area (Å²) in [5.74, 6) is -1.46. The van der Waals surface area contributed by atoms with E-state index in [1.807, 2.05) is 27.7 Å². The molecule has 0 aliphatic carbocycles. The van der Waals surface area contributed by atoms with Crippen LogP contribution in [0.1, 0.15) is 27.7 Å². The third-order valence-corrected chi connectivity index (χ3v) is 3.63. The minimum atomic E-state index is -0.761. The molecule has 3 aliphatic rings. The summed E-state index contributed by atoms with van der Waals surface area (Å²) in [6, 6.07) is 0. The van der Waals surface area contributed by atoms with Crippen molar-refractivity contribution in [1.29, 1.82) is 0 Å². The predicted octanol–water partition coefficient (Wildman–Crippen LogP) is 1.69. The fraction of sp³-hybridized carbons (Fsp3) is 1.00. The number of hydrogen-bond acceptors (Lipinski definition) is 6. The maximum Gasteiger partial charge on any atom is 0.165 e. The smallest absolute Gasteiger partial charge is 0.165 e. The zero-order valence-corrected chi connectivity index (χ0v) is 12.0. The van der Waals surface area contributed by atoms with Crippen LogP contribution < -0.4 is 0 Å². The Morgan fingerprint density at radius 2 is 1.65 bits per heavy atom. The fourth-order valence-corrected chi connectivity index (χ4v) is 2.90. The summed E-state index contributed by atoms with van der Waals surface area (Å²) in [5.41, 5.74) is 8.67. The first-order valence-corrected chi connectivity index (χ1v) is 6.68. The monoisotopic (exact) mass is 285 g/mol. The molecule has 0 saturated carbocycles. The number of fused-ring (bicyclic) bond motifs is 3. The Hall–Kier alpha value is -0.890. The molecule has 0 spiro atoms. The average Bonchev–Trinajstić information content (AvgIpc) is 2.66. The second kappa shape index (κ2) is 4.56. The molecule has 3 aliphatic heterocycles. The van der Waals surface area contributed by atoms with Crippen molar-refractivity contribution in [3.8, 4) is 0 Å². The van der Waals surface area contributed by atoms with Gasteiger partial charge in [0, 0.05) is 4.91 Å². The van der Waals surface area contributed by atoms with Gasteiger partial charge in [0.1, 0.15) is 24.4 Å². The topological polar surface area (TPSA) is 94.9 Å². The molecule has 8 heteroatoms. The summed E-state index contributed by atoms with van der Waals surface area (Å²) in [5, 5.41) is 3.66. The number of nitrogens with zero attached hydrogens (tertiary/aromatic N) is 3. The fourth-order valence-electron chi connectivity index (χ4n) is 2.90. The van der Waals surface area contributed by atoms with Gasteiger partial charge >= 0.3 is 0 Å². The Balaban J connectivity index is 1.89. The van der Waals surface area contributed by atoms with Crippen LogP contribution in [-0.4, -0.2) is 48.8 Å². The van der Waals surface area contributed by atoms with Gasteiger partial charge in [-0.15, -0.1) is 0 Å². The Morgan fingerprint density at radius 1 is 1.00 bits per heavy atom. The molecular formula is C12H19N3O5. The third-order valence-electron chi connectivity index (χ3n) is 3.63. The quantitative estimate of drug-likeness (QED) is 0.415. The van der Waals surface area contributed by atoms with E-state index in [-0.39, 0.29) is 18.3 Å². The molecule has 0 aromatic carbocycles. The number of azide groups is 1. The number of rotatable bonds is 1.